The molecule has 0 aromatic carbocycles. The summed E-state index contributed by atoms with van der Waals surface area (Å²) in [6.45, 7) is 10.4. The van der Waals surface area contributed by atoms with Crippen LogP contribution in [0.5, 0.6) is 0 Å². The van der Waals surface area contributed by atoms with Crippen LogP contribution >= 0.6 is 0 Å². The molecule has 0 rings (SSSR count). The zero-order valence-corrected chi connectivity index (χ0v) is 11.5. The van der Waals surface area contributed by atoms with Gasteiger partial charge in [-0.1, -0.05) is 60.3 Å². The summed E-state index contributed by atoms with van der Waals surface area (Å²) in [5, 5.41) is 9.28. The summed E-state index contributed by atoms with van der Waals surface area (Å²) >= 11 is 0. The third kappa shape index (κ3) is 5.53. The molecule has 1 N–H and O–H groups in total. The molecule has 0 bridgehead atoms. The second kappa shape index (κ2) is 6.93. The maximum Gasteiger partial charge on any atom is 0.307 e. The van der Waals surface area contributed by atoms with Gasteiger partial charge in [0, 0.05) is 0 Å². The van der Waals surface area contributed by atoms with E-state index in [9.17, 15) is 9.90 Å². The quantitative estimate of drug-likeness (QED) is 0.703. The minimum absolute atomic E-state index is 0.133. The molecule has 0 aliphatic carbocycles. The highest BCUT2D eigenvalue weighted by Crippen LogP contribution is 2.34. The predicted octanol–water partition coefficient (Wildman–Crippen LogP) is 4.34. The summed E-state index contributed by atoms with van der Waals surface area (Å²) in [5.41, 5.74) is -0.133. The van der Waals surface area contributed by atoms with Gasteiger partial charge in [-0.2, -0.15) is 0 Å². The smallest absolute Gasteiger partial charge is 0.307 e. The van der Waals surface area contributed by atoms with Crippen LogP contribution in [0, 0.1) is 17.3 Å². The lowest BCUT2D eigenvalue weighted by Gasteiger charge is -2.30. The van der Waals surface area contributed by atoms with Gasteiger partial charge in [0.2, 0.25) is 0 Å². The van der Waals surface area contributed by atoms with Gasteiger partial charge in [-0.3, -0.25) is 4.79 Å². The topological polar surface area (TPSA) is 37.3 Å². The lowest BCUT2D eigenvalue weighted by molar-refractivity contribution is -0.146. The number of carboxylic acid groups (broad SMARTS) is 1. The van der Waals surface area contributed by atoms with Crippen molar-refractivity contribution in [3.63, 3.8) is 0 Å². The van der Waals surface area contributed by atoms with Gasteiger partial charge in [-0.15, -0.1) is 0 Å². The van der Waals surface area contributed by atoms with E-state index in [1.165, 1.54) is 19.3 Å². The monoisotopic (exact) mass is 228 g/mol. The van der Waals surface area contributed by atoms with Gasteiger partial charge in [-0.05, 0) is 17.8 Å². The van der Waals surface area contributed by atoms with Crippen molar-refractivity contribution >= 4 is 5.97 Å². The molecule has 0 spiro atoms. The molecule has 0 aliphatic rings. The normalized spacial score (nSPS) is 15.8. The maximum absolute atomic E-state index is 11.3. The first-order chi connectivity index (χ1) is 7.32. The zero-order chi connectivity index (χ0) is 12.8. The molecule has 0 aliphatic heterocycles. The second-order valence-electron chi connectivity index (χ2n) is 5.91. The first-order valence-corrected chi connectivity index (χ1v) is 6.55. The van der Waals surface area contributed by atoms with E-state index in [0.717, 1.165) is 12.8 Å². The summed E-state index contributed by atoms with van der Waals surface area (Å²) in [6, 6.07) is 0. The molecule has 0 saturated carbocycles. The summed E-state index contributed by atoms with van der Waals surface area (Å²) in [6.07, 6.45) is 5.51. The Morgan fingerprint density at radius 3 is 2.12 bits per heavy atom. The van der Waals surface area contributed by atoms with E-state index in [1.54, 1.807) is 0 Å². The molecule has 2 nitrogen and oxygen atoms in total. The average molecular weight is 228 g/mol. The Bertz CT molecular complexity index is 203. The molecule has 2 atom stereocenters. The van der Waals surface area contributed by atoms with Crippen LogP contribution in [0.4, 0.5) is 0 Å². The van der Waals surface area contributed by atoms with Gasteiger partial charge in [-0.25, -0.2) is 0 Å². The van der Waals surface area contributed by atoms with E-state index >= 15 is 0 Å². The SMILES string of the molecule is CCCCC(CC)CC(C(=O)O)C(C)(C)C. The van der Waals surface area contributed by atoms with Crippen molar-refractivity contribution in [2.24, 2.45) is 17.3 Å². The minimum atomic E-state index is -0.637. The van der Waals surface area contributed by atoms with Crippen LogP contribution in [-0.4, -0.2) is 11.1 Å². The highest BCUT2D eigenvalue weighted by molar-refractivity contribution is 5.70. The molecule has 0 amide bonds. The van der Waals surface area contributed by atoms with Crippen LogP contribution in [0.25, 0.3) is 0 Å². The summed E-state index contributed by atoms with van der Waals surface area (Å²) < 4.78 is 0. The van der Waals surface area contributed by atoms with Crippen LogP contribution in [0.3, 0.4) is 0 Å². The van der Waals surface area contributed by atoms with Crippen molar-refractivity contribution < 1.29 is 9.90 Å². The molecular formula is C14H28O2. The molecule has 0 heterocycles. The number of unbranched alkanes of at least 4 members (excludes halogenated alkanes) is 1. The van der Waals surface area contributed by atoms with Gasteiger partial charge >= 0.3 is 5.97 Å². The van der Waals surface area contributed by atoms with Crippen molar-refractivity contribution in [3.05, 3.63) is 0 Å². The molecule has 0 radical (unpaired) electrons. The van der Waals surface area contributed by atoms with E-state index in [4.69, 9.17) is 0 Å². The molecule has 96 valence electrons. The summed E-state index contributed by atoms with van der Waals surface area (Å²) in [7, 11) is 0. The third-order valence-electron chi connectivity index (χ3n) is 3.46. The largest absolute Gasteiger partial charge is 0.481 e. The van der Waals surface area contributed by atoms with E-state index in [2.05, 4.69) is 13.8 Å². The van der Waals surface area contributed by atoms with Gasteiger partial charge in [0.1, 0.15) is 0 Å². The molecule has 0 aromatic rings. The van der Waals surface area contributed by atoms with Gasteiger partial charge < -0.3 is 5.11 Å². The number of rotatable bonds is 7. The molecule has 2 heteroatoms. The lowest BCUT2D eigenvalue weighted by Crippen LogP contribution is -2.30. The average Bonchev–Trinajstić information content (AvgIpc) is 2.15. The molecule has 16 heavy (non-hydrogen) atoms. The Morgan fingerprint density at radius 1 is 1.25 bits per heavy atom. The van der Waals surface area contributed by atoms with Crippen molar-refractivity contribution in [2.45, 2.75) is 66.7 Å². The highest BCUT2D eigenvalue weighted by Gasteiger charge is 2.32. The third-order valence-corrected chi connectivity index (χ3v) is 3.46. The van der Waals surface area contributed by atoms with Crippen molar-refractivity contribution in [3.8, 4) is 0 Å². The Kier molecular flexibility index (Phi) is 6.70. The first kappa shape index (κ1) is 15.5. The molecule has 0 aromatic heterocycles. The molecule has 2 unspecified atom stereocenters. The Balaban J connectivity index is 4.42. The number of carboxylic acids is 1. The van der Waals surface area contributed by atoms with Crippen molar-refractivity contribution in [1.82, 2.24) is 0 Å². The van der Waals surface area contributed by atoms with Gasteiger partial charge in [0.15, 0.2) is 0 Å². The predicted molar refractivity (Wildman–Crippen MR) is 68.5 cm³/mol. The minimum Gasteiger partial charge on any atom is -0.481 e. The van der Waals surface area contributed by atoms with E-state index in [-0.39, 0.29) is 11.3 Å². The summed E-state index contributed by atoms with van der Waals surface area (Å²) in [4.78, 5) is 11.3. The fourth-order valence-corrected chi connectivity index (χ4v) is 2.14. The fraction of sp³-hybridized carbons (Fsp3) is 0.929. The van der Waals surface area contributed by atoms with Crippen molar-refractivity contribution in [2.75, 3.05) is 0 Å². The zero-order valence-electron chi connectivity index (χ0n) is 11.5. The number of aliphatic carboxylic acids is 1. The van der Waals surface area contributed by atoms with Gasteiger partial charge in [0.05, 0.1) is 5.92 Å². The first-order valence-electron chi connectivity index (χ1n) is 6.55. The van der Waals surface area contributed by atoms with Gasteiger partial charge in [0.25, 0.3) is 0 Å². The van der Waals surface area contributed by atoms with Crippen LogP contribution in [-0.2, 0) is 4.79 Å². The van der Waals surface area contributed by atoms with E-state index < -0.39 is 5.97 Å². The van der Waals surface area contributed by atoms with Crippen LogP contribution in [0.1, 0.15) is 66.7 Å². The van der Waals surface area contributed by atoms with Crippen LogP contribution in [0.2, 0.25) is 0 Å². The fourth-order valence-electron chi connectivity index (χ4n) is 2.14. The van der Waals surface area contributed by atoms with Crippen molar-refractivity contribution in [1.29, 1.82) is 0 Å². The van der Waals surface area contributed by atoms with Crippen LogP contribution < -0.4 is 0 Å². The summed E-state index contributed by atoms with van der Waals surface area (Å²) in [5.74, 6) is -0.281. The molecular weight excluding hydrogens is 200 g/mol. The number of hydrogen-bond donors (Lipinski definition) is 1. The molecule has 0 saturated heterocycles. The maximum atomic E-state index is 11.3. The Morgan fingerprint density at radius 2 is 1.81 bits per heavy atom. The number of carbonyl (C=O) groups is 1. The second-order valence-corrected chi connectivity index (χ2v) is 5.91. The standard InChI is InChI=1S/C14H28O2/c1-6-8-9-11(7-2)10-12(13(15)16)14(3,4)5/h11-12H,6-10H2,1-5H3,(H,15,16). The highest BCUT2D eigenvalue weighted by atomic mass is 16.4. The number of hydrogen-bond acceptors (Lipinski definition) is 1. The Hall–Kier alpha value is -0.530. The van der Waals surface area contributed by atoms with Crippen LogP contribution in [0.15, 0.2) is 0 Å². The van der Waals surface area contributed by atoms with E-state index in [1.807, 2.05) is 20.8 Å². The Labute approximate surface area is 100 Å². The lowest BCUT2D eigenvalue weighted by atomic mass is 9.74. The van der Waals surface area contributed by atoms with E-state index in [0.29, 0.717) is 5.92 Å². The molecule has 0 fully saturated rings.